The van der Waals surface area contributed by atoms with E-state index >= 15 is 0 Å². The molecule has 0 radical (unpaired) electrons. The SMILES string of the molecule is Cc1nc(CNC(=O)c2cnco2)oc1-c1ccc(Cl)cc1. The van der Waals surface area contributed by atoms with Crippen molar-refractivity contribution in [2.75, 3.05) is 0 Å². The van der Waals surface area contributed by atoms with Crippen LogP contribution in [0.4, 0.5) is 0 Å². The molecule has 0 spiro atoms. The summed E-state index contributed by atoms with van der Waals surface area (Å²) >= 11 is 5.87. The van der Waals surface area contributed by atoms with E-state index in [0.29, 0.717) is 16.7 Å². The number of hydrogen-bond acceptors (Lipinski definition) is 5. The van der Waals surface area contributed by atoms with Crippen LogP contribution in [0.1, 0.15) is 22.1 Å². The van der Waals surface area contributed by atoms with E-state index in [2.05, 4.69) is 15.3 Å². The molecule has 0 unspecified atom stereocenters. The lowest BCUT2D eigenvalue weighted by atomic mass is 10.1. The first kappa shape index (κ1) is 14.3. The van der Waals surface area contributed by atoms with Gasteiger partial charge in [-0.3, -0.25) is 4.79 Å². The van der Waals surface area contributed by atoms with Crippen LogP contribution in [0.25, 0.3) is 11.3 Å². The molecule has 22 heavy (non-hydrogen) atoms. The minimum Gasteiger partial charge on any atom is -0.438 e. The third-order valence-corrected chi connectivity index (χ3v) is 3.26. The number of halogens is 1. The van der Waals surface area contributed by atoms with Gasteiger partial charge in [0.1, 0.15) is 0 Å². The zero-order valence-electron chi connectivity index (χ0n) is 11.7. The molecule has 2 heterocycles. The number of nitrogens with one attached hydrogen (secondary N) is 1. The standard InChI is InChI=1S/C15H12ClN3O3/c1-9-14(10-2-4-11(16)5-3-10)22-13(19-9)7-18-15(20)12-6-17-8-21-12/h2-6,8H,7H2,1H3,(H,18,20). The molecule has 112 valence electrons. The highest BCUT2D eigenvalue weighted by molar-refractivity contribution is 6.30. The molecule has 0 bridgehead atoms. The lowest BCUT2D eigenvalue weighted by Gasteiger charge is -1.99. The van der Waals surface area contributed by atoms with E-state index in [1.54, 1.807) is 12.1 Å². The molecule has 0 aliphatic carbocycles. The van der Waals surface area contributed by atoms with Crippen molar-refractivity contribution >= 4 is 17.5 Å². The van der Waals surface area contributed by atoms with E-state index in [9.17, 15) is 4.79 Å². The van der Waals surface area contributed by atoms with Crippen LogP contribution in [-0.4, -0.2) is 15.9 Å². The maximum absolute atomic E-state index is 11.7. The van der Waals surface area contributed by atoms with Gasteiger partial charge in [0.15, 0.2) is 12.2 Å². The van der Waals surface area contributed by atoms with Crippen LogP contribution in [0.2, 0.25) is 5.02 Å². The number of hydrogen-bond donors (Lipinski definition) is 1. The second kappa shape index (κ2) is 6.03. The Bertz CT molecular complexity index is 779. The average molecular weight is 318 g/mol. The monoisotopic (exact) mass is 317 g/mol. The first-order valence-electron chi connectivity index (χ1n) is 6.52. The van der Waals surface area contributed by atoms with Gasteiger partial charge in [-0.05, 0) is 31.2 Å². The number of benzene rings is 1. The van der Waals surface area contributed by atoms with Crippen LogP contribution in [0.15, 0.2) is 45.7 Å². The van der Waals surface area contributed by atoms with Crippen molar-refractivity contribution in [2.45, 2.75) is 13.5 Å². The minimum atomic E-state index is -0.374. The van der Waals surface area contributed by atoms with E-state index in [1.807, 2.05) is 19.1 Å². The maximum atomic E-state index is 11.7. The highest BCUT2D eigenvalue weighted by Crippen LogP contribution is 2.25. The van der Waals surface area contributed by atoms with Gasteiger partial charge in [0, 0.05) is 10.6 Å². The quantitative estimate of drug-likeness (QED) is 0.799. The Labute approximate surface area is 131 Å². The van der Waals surface area contributed by atoms with Crippen LogP contribution < -0.4 is 5.32 Å². The average Bonchev–Trinajstić information content (AvgIpc) is 3.15. The number of amides is 1. The fraction of sp³-hybridized carbons (Fsp3) is 0.133. The fourth-order valence-electron chi connectivity index (χ4n) is 1.97. The molecule has 1 N–H and O–H groups in total. The normalized spacial score (nSPS) is 10.6. The molecule has 0 aliphatic heterocycles. The minimum absolute atomic E-state index is 0.140. The predicted molar refractivity (Wildman–Crippen MR) is 79.4 cm³/mol. The lowest BCUT2D eigenvalue weighted by molar-refractivity contribution is 0.0919. The third kappa shape index (κ3) is 3.01. The molecule has 0 aliphatic rings. The maximum Gasteiger partial charge on any atom is 0.289 e. The molecule has 0 saturated carbocycles. The second-order valence-electron chi connectivity index (χ2n) is 4.58. The topological polar surface area (TPSA) is 81.2 Å². The number of oxazole rings is 2. The number of nitrogens with zero attached hydrogens (tertiary/aromatic N) is 2. The Morgan fingerprint density at radius 3 is 2.77 bits per heavy atom. The first-order chi connectivity index (χ1) is 10.6. The Morgan fingerprint density at radius 1 is 1.32 bits per heavy atom. The van der Waals surface area contributed by atoms with Gasteiger partial charge in [-0.2, -0.15) is 0 Å². The van der Waals surface area contributed by atoms with Crippen molar-refractivity contribution in [1.82, 2.24) is 15.3 Å². The van der Waals surface area contributed by atoms with Crippen LogP contribution in [0.3, 0.4) is 0 Å². The Hall–Kier alpha value is -2.60. The molecule has 3 aromatic rings. The molecule has 7 heteroatoms. The van der Waals surface area contributed by atoms with Crippen LogP contribution in [0.5, 0.6) is 0 Å². The molecule has 1 amide bonds. The largest absolute Gasteiger partial charge is 0.438 e. The molecule has 3 rings (SSSR count). The summed E-state index contributed by atoms with van der Waals surface area (Å²) in [6.07, 6.45) is 2.54. The zero-order valence-corrected chi connectivity index (χ0v) is 12.4. The summed E-state index contributed by atoms with van der Waals surface area (Å²) < 4.78 is 10.6. The van der Waals surface area contributed by atoms with Gasteiger partial charge < -0.3 is 14.2 Å². The van der Waals surface area contributed by atoms with Gasteiger partial charge in [-0.1, -0.05) is 11.6 Å². The van der Waals surface area contributed by atoms with Gasteiger partial charge in [-0.15, -0.1) is 0 Å². The van der Waals surface area contributed by atoms with Crippen molar-refractivity contribution in [2.24, 2.45) is 0 Å². The molecule has 0 saturated heterocycles. The van der Waals surface area contributed by atoms with Gasteiger partial charge in [0.05, 0.1) is 18.4 Å². The van der Waals surface area contributed by atoms with Crippen molar-refractivity contribution in [3.63, 3.8) is 0 Å². The molecule has 0 fully saturated rings. The number of aromatic nitrogens is 2. The van der Waals surface area contributed by atoms with E-state index in [0.717, 1.165) is 11.3 Å². The third-order valence-electron chi connectivity index (χ3n) is 3.00. The Balaban J connectivity index is 1.72. The van der Waals surface area contributed by atoms with E-state index < -0.39 is 0 Å². The van der Waals surface area contributed by atoms with Gasteiger partial charge >= 0.3 is 0 Å². The van der Waals surface area contributed by atoms with Crippen molar-refractivity contribution in [3.05, 3.63) is 59.2 Å². The Kier molecular flexibility index (Phi) is 3.93. The van der Waals surface area contributed by atoms with E-state index in [4.69, 9.17) is 20.4 Å². The van der Waals surface area contributed by atoms with Crippen molar-refractivity contribution < 1.29 is 13.6 Å². The number of rotatable bonds is 4. The summed E-state index contributed by atoms with van der Waals surface area (Å²) in [5, 5.41) is 3.31. The summed E-state index contributed by atoms with van der Waals surface area (Å²) in [6.45, 7) is 2.00. The first-order valence-corrected chi connectivity index (χ1v) is 6.90. The molecule has 2 aromatic heterocycles. The smallest absolute Gasteiger partial charge is 0.289 e. The highest BCUT2D eigenvalue weighted by Gasteiger charge is 2.14. The molecule has 1 aromatic carbocycles. The van der Waals surface area contributed by atoms with Crippen LogP contribution in [0, 0.1) is 6.92 Å². The lowest BCUT2D eigenvalue weighted by Crippen LogP contribution is -2.22. The van der Waals surface area contributed by atoms with Crippen LogP contribution in [-0.2, 0) is 6.54 Å². The molecule has 6 nitrogen and oxygen atoms in total. The van der Waals surface area contributed by atoms with Gasteiger partial charge in [0.25, 0.3) is 5.91 Å². The van der Waals surface area contributed by atoms with Gasteiger partial charge in [0.2, 0.25) is 11.7 Å². The summed E-state index contributed by atoms with van der Waals surface area (Å²) in [7, 11) is 0. The second-order valence-corrected chi connectivity index (χ2v) is 5.01. The van der Waals surface area contributed by atoms with Crippen molar-refractivity contribution in [3.8, 4) is 11.3 Å². The summed E-state index contributed by atoms with van der Waals surface area (Å²) in [6, 6.07) is 7.27. The fourth-order valence-corrected chi connectivity index (χ4v) is 2.09. The molecular formula is C15H12ClN3O3. The zero-order chi connectivity index (χ0) is 15.5. The number of carbonyl (C=O) groups excluding carboxylic acids is 1. The predicted octanol–water partition coefficient (Wildman–Crippen LogP) is 3.22. The number of carbonyl (C=O) groups is 1. The van der Waals surface area contributed by atoms with Crippen molar-refractivity contribution in [1.29, 1.82) is 0 Å². The van der Waals surface area contributed by atoms with Crippen LogP contribution >= 0.6 is 11.6 Å². The summed E-state index contributed by atoms with van der Waals surface area (Å²) in [4.78, 5) is 19.7. The van der Waals surface area contributed by atoms with E-state index in [-0.39, 0.29) is 18.2 Å². The Morgan fingerprint density at radius 2 is 2.09 bits per heavy atom. The molecule has 0 atom stereocenters. The molecular weight excluding hydrogens is 306 g/mol. The summed E-state index contributed by atoms with van der Waals surface area (Å²) in [5.74, 6) is 0.832. The number of aryl methyl sites for hydroxylation is 1. The highest BCUT2D eigenvalue weighted by atomic mass is 35.5. The summed E-state index contributed by atoms with van der Waals surface area (Å²) in [5.41, 5.74) is 1.62. The van der Waals surface area contributed by atoms with E-state index in [1.165, 1.54) is 12.6 Å². The van der Waals surface area contributed by atoms with Gasteiger partial charge in [-0.25, -0.2) is 9.97 Å².